The Morgan fingerprint density at radius 1 is 1.29 bits per heavy atom. The predicted molar refractivity (Wildman–Crippen MR) is 80.8 cm³/mol. The molecule has 1 rings (SSSR count). The van der Waals surface area contributed by atoms with Crippen molar-refractivity contribution in [3.63, 3.8) is 0 Å². The molecule has 17 heavy (non-hydrogen) atoms. The number of rotatable bonds is 6. The molecule has 1 aromatic heterocycles. The van der Waals surface area contributed by atoms with E-state index in [-0.39, 0.29) is 5.54 Å². The van der Waals surface area contributed by atoms with Crippen molar-refractivity contribution in [1.29, 1.82) is 0 Å². The Kier molecular flexibility index (Phi) is 6.13. The van der Waals surface area contributed by atoms with Gasteiger partial charge in [-0.1, -0.05) is 0 Å². The summed E-state index contributed by atoms with van der Waals surface area (Å²) in [6.07, 6.45) is 1.17. The van der Waals surface area contributed by atoms with E-state index in [9.17, 15) is 0 Å². The molecule has 0 aliphatic carbocycles. The predicted octanol–water partition coefficient (Wildman–Crippen LogP) is 3.69. The van der Waals surface area contributed by atoms with Crippen molar-refractivity contribution >= 4 is 27.3 Å². The van der Waals surface area contributed by atoms with Crippen molar-refractivity contribution in [2.75, 3.05) is 13.1 Å². The minimum Gasteiger partial charge on any atom is -0.312 e. The number of halogens is 1. The largest absolute Gasteiger partial charge is 0.312 e. The van der Waals surface area contributed by atoms with Crippen molar-refractivity contribution in [1.82, 2.24) is 10.6 Å². The summed E-state index contributed by atoms with van der Waals surface area (Å²) in [4.78, 5) is 1.40. The molecular weight excluding hydrogens is 296 g/mol. The van der Waals surface area contributed by atoms with Crippen LogP contribution in [0.1, 0.15) is 37.6 Å². The van der Waals surface area contributed by atoms with Gasteiger partial charge < -0.3 is 10.6 Å². The van der Waals surface area contributed by atoms with E-state index < -0.39 is 0 Å². The zero-order chi connectivity index (χ0) is 12.9. The number of aryl methyl sites for hydroxylation is 1. The van der Waals surface area contributed by atoms with Gasteiger partial charge >= 0.3 is 0 Å². The third kappa shape index (κ3) is 6.55. The number of thiophene rings is 1. The molecule has 98 valence electrons. The average Bonchev–Trinajstić information content (AvgIpc) is 2.50. The smallest absolute Gasteiger partial charge is 0.0730 e. The van der Waals surface area contributed by atoms with E-state index in [2.05, 4.69) is 60.3 Å². The lowest BCUT2D eigenvalue weighted by molar-refractivity contribution is 0.418. The van der Waals surface area contributed by atoms with Crippen LogP contribution in [-0.2, 0) is 6.54 Å². The summed E-state index contributed by atoms with van der Waals surface area (Å²) in [6, 6.07) is 2.25. The van der Waals surface area contributed by atoms with Gasteiger partial charge in [0.15, 0.2) is 0 Å². The van der Waals surface area contributed by atoms with Crippen LogP contribution in [0.3, 0.4) is 0 Å². The maximum atomic E-state index is 3.55. The van der Waals surface area contributed by atoms with Crippen LogP contribution in [-0.4, -0.2) is 18.6 Å². The lowest BCUT2D eigenvalue weighted by Gasteiger charge is -2.20. The summed E-state index contributed by atoms with van der Waals surface area (Å²) in [6.45, 7) is 11.9. The van der Waals surface area contributed by atoms with Crippen LogP contribution < -0.4 is 10.6 Å². The van der Waals surface area contributed by atoms with Crippen LogP contribution in [0, 0.1) is 6.92 Å². The lowest BCUT2D eigenvalue weighted by Crippen LogP contribution is -2.37. The van der Waals surface area contributed by atoms with Crippen LogP contribution >= 0.6 is 27.3 Å². The lowest BCUT2D eigenvalue weighted by atomic mass is 10.1. The van der Waals surface area contributed by atoms with E-state index in [4.69, 9.17) is 0 Å². The molecule has 1 heterocycles. The van der Waals surface area contributed by atoms with Gasteiger partial charge in [0, 0.05) is 17.0 Å². The van der Waals surface area contributed by atoms with Crippen LogP contribution in [0.25, 0.3) is 0 Å². The van der Waals surface area contributed by atoms with Gasteiger partial charge in [0.1, 0.15) is 0 Å². The molecule has 0 radical (unpaired) electrons. The second-order valence-corrected chi connectivity index (χ2v) is 7.83. The topological polar surface area (TPSA) is 24.1 Å². The molecule has 0 fully saturated rings. The first-order valence-corrected chi connectivity index (χ1v) is 7.70. The summed E-state index contributed by atoms with van der Waals surface area (Å²) < 4.78 is 1.25. The summed E-state index contributed by atoms with van der Waals surface area (Å²) >= 11 is 5.37. The Morgan fingerprint density at radius 3 is 2.53 bits per heavy atom. The van der Waals surface area contributed by atoms with Crippen molar-refractivity contribution < 1.29 is 0 Å². The molecule has 0 saturated heterocycles. The van der Waals surface area contributed by atoms with Crippen molar-refractivity contribution in [3.05, 3.63) is 20.3 Å². The molecule has 4 heteroatoms. The third-order valence-corrected chi connectivity index (χ3v) is 4.53. The van der Waals surface area contributed by atoms with E-state index in [0.717, 1.165) is 19.6 Å². The Balaban J connectivity index is 2.09. The van der Waals surface area contributed by atoms with Crippen LogP contribution in [0.4, 0.5) is 0 Å². The maximum absolute atomic E-state index is 3.55. The molecule has 2 N–H and O–H groups in total. The zero-order valence-electron chi connectivity index (χ0n) is 11.2. The van der Waals surface area contributed by atoms with Gasteiger partial charge in [0.05, 0.1) is 3.79 Å². The van der Waals surface area contributed by atoms with Crippen LogP contribution in [0.15, 0.2) is 9.85 Å². The molecule has 0 aliphatic rings. The highest BCUT2D eigenvalue weighted by molar-refractivity contribution is 9.11. The van der Waals surface area contributed by atoms with Crippen molar-refractivity contribution in [3.8, 4) is 0 Å². The van der Waals surface area contributed by atoms with Gasteiger partial charge in [-0.3, -0.25) is 0 Å². The minimum atomic E-state index is 0.232. The molecule has 0 amide bonds. The Hall–Kier alpha value is 0.100. The molecule has 0 spiro atoms. The first-order chi connectivity index (χ1) is 7.88. The van der Waals surface area contributed by atoms with Gasteiger partial charge in [-0.05, 0) is 74.8 Å². The van der Waals surface area contributed by atoms with E-state index in [1.807, 2.05) is 11.3 Å². The first kappa shape index (κ1) is 15.2. The second-order valence-electron chi connectivity index (χ2n) is 5.38. The van der Waals surface area contributed by atoms with Gasteiger partial charge in [0.2, 0.25) is 0 Å². The summed E-state index contributed by atoms with van der Waals surface area (Å²) in [5.41, 5.74) is 1.57. The quantitative estimate of drug-likeness (QED) is 0.782. The summed E-state index contributed by atoms with van der Waals surface area (Å²) in [5.74, 6) is 0. The Bertz CT molecular complexity index is 322. The maximum Gasteiger partial charge on any atom is 0.0730 e. The SMILES string of the molecule is Cc1cc(CNCCCNC(C)(C)C)sc1Br. The molecule has 0 bridgehead atoms. The first-order valence-electron chi connectivity index (χ1n) is 6.09. The van der Waals surface area contributed by atoms with E-state index in [0.29, 0.717) is 0 Å². The van der Waals surface area contributed by atoms with Crippen LogP contribution in [0.5, 0.6) is 0 Å². The number of hydrogen-bond acceptors (Lipinski definition) is 3. The average molecular weight is 319 g/mol. The highest BCUT2D eigenvalue weighted by Crippen LogP contribution is 2.26. The highest BCUT2D eigenvalue weighted by Gasteiger charge is 2.07. The van der Waals surface area contributed by atoms with Crippen LogP contribution in [0.2, 0.25) is 0 Å². The van der Waals surface area contributed by atoms with Crippen molar-refractivity contribution in [2.45, 2.75) is 46.2 Å². The molecule has 0 aliphatic heterocycles. The van der Waals surface area contributed by atoms with E-state index >= 15 is 0 Å². The standard InChI is InChI=1S/C13H23BrN2S/c1-10-8-11(17-12(10)14)9-15-6-5-7-16-13(2,3)4/h8,15-16H,5-7,9H2,1-4H3. The van der Waals surface area contributed by atoms with Gasteiger partial charge in [-0.25, -0.2) is 0 Å². The summed E-state index contributed by atoms with van der Waals surface area (Å²) in [7, 11) is 0. The minimum absolute atomic E-state index is 0.232. The zero-order valence-corrected chi connectivity index (χ0v) is 13.6. The molecule has 1 aromatic rings. The van der Waals surface area contributed by atoms with E-state index in [1.54, 1.807) is 0 Å². The van der Waals surface area contributed by atoms with Gasteiger partial charge in [-0.2, -0.15) is 0 Å². The highest BCUT2D eigenvalue weighted by atomic mass is 79.9. The monoisotopic (exact) mass is 318 g/mol. The van der Waals surface area contributed by atoms with Crippen molar-refractivity contribution in [2.24, 2.45) is 0 Å². The molecule has 2 nitrogen and oxygen atoms in total. The fraction of sp³-hybridized carbons (Fsp3) is 0.692. The third-order valence-electron chi connectivity index (χ3n) is 2.39. The Labute approximate surface area is 117 Å². The number of nitrogens with one attached hydrogen (secondary N) is 2. The number of hydrogen-bond donors (Lipinski definition) is 2. The van der Waals surface area contributed by atoms with E-state index in [1.165, 1.54) is 20.6 Å². The normalized spacial score (nSPS) is 12.1. The molecule has 0 atom stereocenters. The molecule has 0 unspecified atom stereocenters. The van der Waals surface area contributed by atoms with Gasteiger partial charge in [-0.15, -0.1) is 11.3 Å². The fourth-order valence-corrected chi connectivity index (χ4v) is 3.10. The molecule has 0 aromatic carbocycles. The van der Waals surface area contributed by atoms with Gasteiger partial charge in [0.25, 0.3) is 0 Å². The Morgan fingerprint density at radius 2 is 2.00 bits per heavy atom. The molecule has 0 saturated carbocycles. The second kappa shape index (κ2) is 6.88. The fourth-order valence-electron chi connectivity index (χ4n) is 1.50. The summed E-state index contributed by atoms with van der Waals surface area (Å²) in [5, 5.41) is 6.97. The molecular formula is C13H23BrN2S.